The van der Waals surface area contributed by atoms with E-state index >= 15 is 0 Å². The Labute approximate surface area is 91.5 Å². The third-order valence-electron chi connectivity index (χ3n) is 3.64. The van der Waals surface area contributed by atoms with Crippen molar-refractivity contribution < 1.29 is 0 Å². The second-order valence-corrected chi connectivity index (χ2v) is 5.87. The summed E-state index contributed by atoms with van der Waals surface area (Å²) in [6, 6.07) is 0. The van der Waals surface area contributed by atoms with Crippen molar-refractivity contribution in [2.24, 2.45) is 17.3 Å². The topological polar surface area (TPSA) is 0 Å². The lowest BCUT2D eigenvalue weighted by molar-refractivity contribution is 0.204. The van der Waals surface area contributed by atoms with Gasteiger partial charge in [0.25, 0.3) is 0 Å². The van der Waals surface area contributed by atoms with Crippen molar-refractivity contribution in [2.75, 3.05) is 0 Å². The Hall–Kier alpha value is 0. The van der Waals surface area contributed by atoms with Crippen molar-refractivity contribution in [3.8, 4) is 0 Å². The molecule has 0 N–H and O–H groups in total. The average Bonchev–Trinajstić information content (AvgIpc) is 2.12. The van der Waals surface area contributed by atoms with Crippen LogP contribution < -0.4 is 0 Å². The molecule has 0 rings (SSSR count). The van der Waals surface area contributed by atoms with Crippen LogP contribution in [0.4, 0.5) is 0 Å². The SMILES string of the molecule is CCCCC(CC(C)(C)CC)C(C)C. The maximum Gasteiger partial charge on any atom is -0.0354 e. The smallest absolute Gasteiger partial charge is 0.0354 e. The predicted octanol–water partition coefficient (Wildman–Crippen LogP) is 5.28. The highest BCUT2D eigenvalue weighted by molar-refractivity contribution is 4.74. The Kier molecular flexibility index (Phi) is 6.48. The summed E-state index contributed by atoms with van der Waals surface area (Å²) in [6.45, 7) is 14.2. The van der Waals surface area contributed by atoms with Crippen LogP contribution in [0.15, 0.2) is 0 Å². The largest absolute Gasteiger partial charge is 0.0654 e. The van der Waals surface area contributed by atoms with E-state index in [2.05, 4.69) is 41.5 Å². The first-order chi connectivity index (χ1) is 6.43. The van der Waals surface area contributed by atoms with Crippen molar-refractivity contribution in [3.05, 3.63) is 0 Å². The zero-order valence-corrected chi connectivity index (χ0v) is 11.2. The van der Waals surface area contributed by atoms with Gasteiger partial charge in [-0.2, -0.15) is 0 Å². The van der Waals surface area contributed by atoms with E-state index in [0.29, 0.717) is 5.41 Å². The van der Waals surface area contributed by atoms with Crippen LogP contribution in [0.3, 0.4) is 0 Å². The molecule has 0 nitrogen and oxygen atoms in total. The molecule has 0 aliphatic carbocycles. The molecule has 86 valence electrons. The zero-order valence-electron chi connectivity index (χ0n) is 11.2. The van der Waals surface area contributed by atoms with Gasteiger partial charge in [-0.3, -0.25) is 0 Å². The molecule has 0 spiro atoms. The highest BCUT2D eigenvalue weighted by Crippen LogP contribution is 2.34. The quantitative estimate of drug-likeness (QED) is 0.522. The Morgan fingerprint density at radius 3 is 2.00 bits per heavy atom. The van der Waals surface area contributed by atoms with Gasteiger partial charge in [-0.05, 0) is 23.7 Å². The Morgan fingerprint density at radius 1 is 1.07 bits per heavy atom. The van der Waals surface area contributed by atoms with Crippen LogP contribution >= 0.6 is 0 Å². The van der Waals surface area contributed by atoms with Crippen LogP contribution in [0.2, 0.25) is 0 Å². The number of hydrogen-bond acceptors (Lipinski definition) is 0. The second kappa shape index (κ2) is 6.48. The van der Waals surface area contributed by atoms with Crippen molar-refractivity contribution in [2.45, 2.75) is 73.6 Å². The fraction of sp³-hybridized carbons (Fsp3) is 1.00. The molecule has 0 fully saturated rings. The molecule has 1 atom stereocenters. The minimum absolute atomic E-state index is 0.544. The van der Waals surface area contributed by atoms with E-state index in [1.807, 2.05) is 0 Å². The Bertz CT molecular complexity index is 133. The molecule has 0 aromatic carbocycles. The van der Waals surface area contributed by atoms with Gasteiger partial charge in [0.2, 0.25) is 0 Å². The van der Waals surface area contributed by atoms with Gasteiger partial charge in [0.1, 0.15) is 0 Å². The normalized spacial score (nSPS) is 14.8. The average molecular weight is 198 g/mol. The molecule has 1 unspecified atom stereocenters. The van der Waals surface area contributed by atoms with E-state index < -0.39 is 0 Å². The number of rotatable bonds is 7. The van der Waals surface area contributed by atoms with Gasteiger partial charge in [0.15, 0.2) is 0 Å². The summed E-state index contributed by atoms with van der Waals surface area (Å²) in [6.07, 6.45) is 6.89. The van der Waals surface area contributed by atoms with Crippen LogP contribution in [0.5, 0.6) is 0 Å². The molecule has 0 heterocycles. The molecule has 0 aliphatic heterocycles. The van der Waals surface area contributed by atoms with Crippen molar-refractivity contribution in [1.82, 2.24) is 0 Å². The summed E-state index contributed by atoms with van der Waals surface area (Å²) in [5.74, 6) is 1.79. The minimum atomic E-state index is 0.544. The second-order valence-electron chi connectivity index (χ2n) is 5.87. The standard InChI is InChI=1S/C14H30/c1-7-9-10-13(12(3)4)11-14(5,6)8-2/h12-13H,7-11H2,1-6H3. The molecule has 0 aromatic rings. The summed E-state index contributed by atoms with van der Waals surface area (Å²) in [7, 11) is 0. The van der Waals surface area contributed by atoms with Crippen molar-refractivity contribution in [3.63, 3.8) is 0 Å². The fourth-order valence-corrected chi connectivity index (χ4v) is 1.99. The van der Waals surface area contributed by atoms with Gasteiger partial charge >= 0.3 is 0 Å². The van der Waals surface area contributed by atoms with E-state index in [1.165, 1.54) is 32.1 Å². The fourth-order valence-electron chi connectivity index (χ4n) is 1.99. The highest BCUT2D eigenvalue weighted by atomic mass is 14.3. The molecule has 0 heteroatoms. The van der Waals surface area contributed by atoms with Gasteiger partial charge in [-0.25, -0.2) is 0 Å². The molecule has 0 aromatic heterocycles. The predicted molar refractivity (Wildman–Crippen MR) is 66.5 cm³/mol. The molecular weight excluding hydrogens is 168 g/mol. The van der Waals surface area contributed by atoms with E-state index in [0.717, 1.165) is 11.8 Å². The summed E-state index contributed by atoms with van der Waals surface area (Å²) < 4.78 is 0. The van der Waals surface area contributed by atoms with Gasteiger partial charge < -0.3 is 0 Å². The lowest BCUT2D eigenvalue weighted by atomic mass is 9.75. The lowest BCUT2D eigenvalue weighted by Crippen LogP contribution is -2.20. The molecule has 0 aliphatic rings. The monoisotopic (exact) mass is 198 g/mol. The summed E-state index contributed by atoms with van der Waals surface area (Å²) >= 11 is 0. The van der Waals surface area contributed by atoms with Gasteiger partial charge in [0.05, 0.1) is 0 Å². The van der Waals surface area contributed by atoms with Crippen LogP contribution in [-0.4, -0.2) is 0 Å². The summed E-state index contributed by atoms with van der Waals surface area (Å²) in [5, 5.41) is 0. The molecule has 0 saturated carbocycles. The summed E-state index contributed by atoms with van der Waals surface area (Å²) in [5.41, 5.74) is 0.544. The lowest BCUT2D eigenvalue weighted by Gasteiger charge is -2.31. The molecule has 0 amide bonds. The first-order valence-corrected chi connectivity index (χ1v) is 6.43. The third-order valence-corrected chi connectivity index (χ3v) is 3.64. The number of unbranched alkanes of at least 4 members (excludes halogenated alkanes) is 1. The Morgan fingerprint density at radius 2 is 1.64 bits per heavy atom. The maximum absolute atomic E-state index is 2.41. The van der Waals surface area contributed by atoms with Crippen LogP contribution in [0.1, 0.15) is 73.6 Å². The first-order valence-electron chi connectivity index (χ1n) is 6.43. The molecule has 14 heavy (non-hydrogen) atoms. The van der Waals surface area contributed by atoms with Gasteiger partial charge in [-0.1, -0.05) is 67.2 Å². The molecular formula is C14H30. The van der Waals surface area contributed by atoms with Crippen molar-refractivity contribution >= 4 is 0 Å². The van der Waals surface area contributed by atoms with E-state index in [4.69, 9.17) is 0 Å². The van der Waals surface area contributed by atoms with Gasteiger partial charge in [-0.15, -0.1) is 0 Å². The zero-order chi connectivity index (χ0) is 11.2. The van der Waals surface area contributed by atoms with Crippen molar-refractivity contribution in [1.29, 1.82) is 0 Å². The molecule has 0 bridgehead atoms. The first kappa shape index (κ1) is 14.0. The maximum atomic E-state index is 2.41. The minimum Gasteiger partial charge on any atom is -0.0654 e. The van der Waals surface area contributed by atoms with E-state index in [-0.39, 0.29) is 0 Å². The van der Waals surface area contributed by atoms with Crippen LogP contribution in [-0.2, 0) is 0 Å². The van der Waals surface area contributed by atoms with Gasteiger partial charge in [0, 0.05) is 0 Å². The Balaban J connectivity index is 4.08. The highest BCUT2D eigenvalue weighted by Gasteiger charge is 2.23. The summed E-state index contributed by atoms with van der Waals surface area (Å²) in [4.78, 5) is 0. The molecule has 0 saturated heterocycles. The number of hydrogen-bond donors (Lipinski definition) is 0. The molecule has 0 radical (unpaired) electrons. The van der Waals surface area contributed by atoms with E-state index in [1.54, 1.807) is 0 Å². The van der Waals surface area contributed by atoms with E-state index in [9.17, 15) is 0 Å². The third kappa shape index (κ3) is 5.67. The van der Waals surface area contributed by atoms with Crippen LogP contribution in [0.25, 0.3) is 0 Å². The van der Waals surface area contributed by atoms with Crippen LogP contribution in [0, 0.1) is 17.3 Å².